The van der Waals surface area contributed by atoms with E-state index in [1.54, 1.807) is 0 Å². The molecule has 112 valence electrons. The number of nitrogens with one attached hydrogen (secondary N) is 1. The van der Waals surface area contributed by atoms with E-state index in [9.17, 15) is 0 Å². The topological polar surface area (TPSA) is 21.3 Å². The van der Waals surface area contributed by atoms with Gasteiger partial charge in [0.1, 0.15) is 0 Å². The van der Waals surface area contributed by atoms with Gasteiger partial charge in [-0.15, -0.1) is 11.8 Å². The van der Waals surface area contributed by atoms with E-state index < -0.39 is 0 Å². The third kappa shape index (κ3) is 5.12. The van der Waals surface area contributed by atoms with Crippen LogP contribution in [-0.4, -0.2) is 32.1 Å². The number of rotatable bonds is 6. The largest absolute Gasteiger partial charge is 0.381 e. The molecule has 1 heterocycles. The fourth-order valence-corrected chi connectivity index (χ4v) is 3.15. The Hall–Kier alpha value is -0.510. The number of benzene rings is 1. The van der Waals surface area contributed by atoms with Gasteiger partial charge < -0.3 is 10.1 Å². The van der Waals surface area contributed by atoms with E-state index in [1.165, 1.54) is 16.9 Å². The molecule has 1 aliphatic heterocycles. The highest BCUT2D eigenvalue weighted by atomic mass is 32.2. The molecule has 0 saturated carbocycles. The maximum absolute atomic E-state index is 5.38. The first-order valence-electron chi connectivity index (χ1n) is 7.57. The number of hydrogen-bond donors (Lipinski definition) is 1. The van der Waals surface area contributed by atoms with E-state index in [1.807, 2.05) is 11.8 Å². The van der Waals surface area contributed by atoms with Crippen molar-refractivity contribution in [3.05, 3.63) is 29.8 Å². The van der Waals surface area contributed by atoms with Crippen molar-refractivity contribution in [1.82, 2.24) is 5.32 Å². The second-order valence-electron chi connectivity index (χ2n) is 6.56. The third-order valence-corrected chi connectivity index (χ3v) is 4.74. The molecule has 1 aromatic rings. The molecule has 20 heavy (non-hydrogen) atoms. The van der Waals surface area contributed by atoms with Gasteiger partial charge in [-0.05, 0) is 35.4 Å². The van der Waals surface area contributed by atoms with E-state index in [0.29, 0.717) is 0 Å². The summed E-state index contributed by atoms with van der Waals surface area (Å²) in [5, 5.41) is 3.53. The highest BCUT2D eigenvalue weighted by molar-refractivity contribution is 7.99. The van der Waals surface area contributed by atoms with E-state index >= 15 is 0 Å². The van der Waals surface area contributed by atoms with Gasteiger partial charge in [-0.1, -0.05) is 32.9 Å². The molecule has 0 bridgehead atoms. The Bertz CT molecular complexity index is 390. The quantitative estimate of drug-likeness (QED) is 0.638. The van der Waals surface area contributed by atoms with E-state index in [-0.39, 0.29) is 5.41 Å². The highest BCUT2D eigenvalue weighted by Crippen LogP contribution is 2.25. The minimum atomic E-state index is 0.244. The van der Waals surface area contributed by atoms with Crippen LogP contribution in [0.3, 0.4) is 0 Å². The Balaban J connectivity index is 1.64. The lowest BCUT2D eigenvalue weighted by molar-refractivity contribution is 0.185. The van der Waals surface area contributed by atoms with Crippen LogP contribution in [0.25, 0.3) is 0 Å². The van der Waals surface area contributed by atoms with Gasteiger partial charge in [0.2, 0.25) is 0 Å². The van der Waals surface area contributed by atoms with Gasteiger partial charge in [0, 0.05) is 30.3 Å². The molecule has 3 heteroatoms. The molecule has 0 aliphatic carbocycles. The first-order chi connectivity index (χ1) is 9.55. The fraction of sp³-hybridized carbons (Fsp3) is 0.647. The monoisotopic (exact) mass is 293 g/mol. The maximum atomic E-state index is 5.38. The maximum Gasteiger partial charge on any atom is 0.0507 e. The standard InChI is InChI=1S/C17H27NOS/c1-17(2,3)15-4-6-16(7-5-15)20-11-9-18-12-14-8-10-19-13-14/h4-7,14,18H,8-13H2,1-3H3. The van der Waals surface area contributed by atoms with Crippen LogP contribution in [0.4, 0.5) is 0 Å². The Kier molecular flexibility index (Phi) is 5.94. The van der Waals surface area contributed by atoms with Gasteiger partial charge >= 0.3 is 0 Å². The molecule has 2 rings (SSSR count). The van der Waals surface area contributed by atoms with E-state index in [4.69, 9.17) is 4.74 Å². The smallest absolute Gasteiger partial charge is 0.0507 e. The van der Waals surface area contributed by atoms with Gasteiger partial charge in [-0.25, -0.2) is 0 Å². The molecule has 0 spiro atoms. The zero-order valence-electron chi connectivity index (χ0n) is 12.9. The predicted molar refractivity (Wildman–Crippen MR) is 87.7 cm³/mol. The van der Waals surface area contributed by atoms with Crippen molar-refractivity contribution in [3.8, 4) is 0 Å². The van der Waals surface area contributed by atoms with Crippen LogP contribution in [-0.2, 0) is 10.2 Å². The molecule has 0 amide bonds. The van der Waals surface area contributed by atoms with Crippen molar-refractivity contribution in [2.24, 2.45) is 5.92 Å². The molecule has 1 saturated heterocycles. The lowest BCUT2D eigenvalue weighted by Gasteiger charge is -2.19. The minimum Gasteiger partial charge on any atom is -0.381 e. The van der Waals surface area contributed by atoms with Gasteiger partial charge in [-0.2, -0.15) is 0 Å². The van der Waals surface area contributed by atoms with Crippen LogP contribution in [0.5, 0.6) is 0 Å². The summed E-state index contributed by atoms with van der Waals surface area (Å²) in [4.78, 5) is 1.36. The molecule has 1 unspecified atom stereocenters. The lowest BCUT2D eigenvalue weighted by atomic mass is 9.87. The first kappa shape index (κ1) is 15.9. The molecular formula is C17H27NOS. The summed E-state index contributed by atoms with van der Waals surface area (Å²) < 4.78 is 5.38. The first-order valence-corrected chi connectivity index (χ1v) is 8.56. The lowest BCUT2D eigenvalue weighted by Crippen LogP contribution is -2.25. The number of thioether (sulfide) groups is 1. The summed E-state index contributed by atoms with van der Waals surface area (Å²) in [5.74, 6) is 1.86. The van der Waals surface area contributed by atoms with Crippen LogP contribution in [0, 0.1) is 5.92 Å². The number of ether oxygens (including phenoxy) is 1. The summed E-state index contributed by atoms with van der Waals surface area (Å²) in [5.41, 5.74) is 1.65. The zero-order chi connectivity index (χ0) is 14.4. The second kappa shape index (κ2) is 7.48. The molecular weight excluding hydrogens is 266 g/mol. The molecule has 2 nitrogen and oxygen atoms in total. The zero-order valence-corrected chi connectivity index (χ0v) is 13.8. The summed E-state index contributed by atoms with van der Waals surface area (Å²) in [6, 6.07) is 9.00. The minimum absolute atomic E-state index is 0.244. The number of hydrogen-bond acceptors (Lipinski definition) is 3. The predicted octanol–water partition coefficient (Wildman–Crippen LogP) is 3.70. The van der Waals surface area contributed by atoms with Gasteiger partial charge in [0.05, 0.1) is 6.61 Å². The average Bonchev–Trinajstić information content (AvgIpc) is 2.91. The van der Waals surface area contributed by atoms with Crippen LogP contribution in [0.1, 0.15) is 32.8 Å². The molecule has 1 atom stereocenters. The van der Waals surface area contributed by atoms with Crippen LogP contribution in [0.2, 0.25) is 0 Å². The van der Waals surface area contributed by atoms with Gasteiger partial charge in [0.15, 0.2) is 0 Å². The van der Waals surface area contributed by atoms with Crippen LogP contribution < -0.4 is 5.32 Å². The molecule has 1 aliphatic rings. The Morgan fingerprint density at radius 1 is 1.25 bits per heavy atom. The average molecular weight is 293 g/mol. The molecule has 1 fully saturated rings. The van der Waals surface area contributed by atoms with Gasteiger partial charge in [0.25, 0.3) is 0 Å². The van der Waals surface area contributed by atoms with Crippen molar-refractivity contribution in [1.29, 1.82) is 0 Å². The normalized spacial score (nSPS) is 19.4. The van der Waals surface area contributed by atoms with Crippen molar-refractivity contribution in [2.75, 3.05) is 32.1 Å². The Labute approximate surface area is 127 Å². The summed E-state index contributed by atoms with van der Waals surface area (Å²) >= 11 is 1.93. The van der Waals surface area contributed by atoms with Crippen molar-refractivity contribution >= 4 is 11.8 Å². The van der Waals surface area contributed by atoms with Crippen molar-refractivity contribution in [3.63, 3.8) is 0 Å². The summed E-state index contributed by atoms with van der Waals surface area (Å²) in [6.07, 6.45) is 1.22. The van der Waals surface area contributed by atoms with Crippen LogP contribution in [0.15, 0.2) is 29.2 Å². The van der Waals surface area contributed by atoms with Gasteiger partial charge in [-0.3, -0.25) is 0 Å². The summed E-state index contributed by atoms with van der Waals surface area (Å²) in [7, 11) is 0. The molecule has 1 aromatic carbocycles. The third-order valence-electron chi connectivity index (χ3n) is 3.72. The van der Waals surface area contributed by atoms with Crippen molar-refractivity contribution < 1.29 is 4.74 Å². The second-order valence-corrected chi connectivity index (χ2v) is 7.72. The highest BCUT2D eigenvalue weighted by Gasteiger charge is 2.14. The van der Waals surface area contributed by atoms with Crippen molar-refractivity contribution in [2.45, 2.75) is 37.5 Å². The van der Waals surface area contributed by atoms with E-state index in [0.717, 1.165) is 38.0 Å². The molecule has 0 radical (unpaired) electrons. The Morgan fingerprint density at radius 2 is 2.00 bits per heavy atom. The summed E-state index contributed by atoms with van der Waals surface area (Å²) in [6.45, 7) is 10.8. The Morgan fingerprint density at radius 3 is 2.60 bits per heavy atom. The van der Waals surface area contributed by atoms with Crippen LogP contribution >= 0.6 is 11.8 Å². The van der Waals surface area contributed by atoms with E-state index in [2.05, 4.69) is 50.4 Å². The molecule has 0 aromatic heterocycles. The fourth-order valence-electron chi connectivity index (χ4n) is 2.34. The SMILES string of the molecule is CC(C)(C)c1ccc(SCCNCC2CCOC2)cc1. The molecule has 1 N–H and O–H groups in total.